The van der Waals surface area contributed by atoms with Crippen molar-refractivity contribution in [1.29, 1.82) is 0 Å². The van der Waals surface area contributed by atoms with Crippen molar-refractivity contribution in [3.63, 3.8) is 0 Å². The molecule has 0 amide bonds. The summed E-state index contributed by atoms with van der Waals surface area (Å²) in [6, 6.07) is 0. The Kier molecular flexibility index (Phi) is 59.6. The fraction of sp³-hybridized carbons (Fsp3) is 0.894. The minimum atomic E-state index is -0.767. The van der Waals surface area contributed by atoms with Crippen molar-refractivity contribution in [2.75, 3.05) is 13.2 Å². The quantitative estimate of drug-likeness (QED) is 0.0261. The predicted molar refractivity (Wildman–Crippen MR) is 312 cm³/mol. The molecule has 0 aromatic carbocycles. The zero-order valence-electron chi connectivity index (χ0n) is 48.7. The standard InChI is InChI=1S/C66H124O6/c1-4-7-10-13-15-17-19-21-23-25-27-29-30-31-32-33-34-35-37-38-40-42-44-46-48-50-53-56-59-65(68)71-62-63(61-70-64(67)58-55-52-12-9-6-3)72-66(69)60-57-54-51-49-47-45-43-41-39-36-28-26-24-22-20-18-16-14-11-8-5-2/h20,22,26,28,63H,4-19,21,23-25,27,29-62H2,1-3H3/b22-20-,28-26-. The van der Waals surface area contributed by atoms with Crippen LogP contribution in [-0.4, -0.2) is 37.2 Å². The van der Waals surface area contributed by atoms with Crippen LogP contribution < -0.4 is 0 Å². The summed E-state index contributed by atoms with van der Waals surface area (Å²) in [5, 5.41) is 0. The maximum atomic E-state index is 12.8. The molecule has 6 nitrogen and oxygen atoms in total. The largest absolute Gasteiger partial charge is 0.462 e. The summed E-state index contributed by atoms with van der Waals surface area (Å²) in [7, 11) is 0. The van der Waals surface area contributed by atoms with E-state index in [0.717, 1.165) is 70.6 Å². The Morgan fingerprint density at radius 1 is 0.278 bits per heavy atom. The molecule has 0 saturated carbocycles. The number of ether oxygens (including phenoxy) is 3. The molecule has 0 saturated heterocycles. The van der Waals surface area contributed by atoms with Crippen molar-refractivity contribution in [1.82, 2.24) is 0 Å². The molecule has 0 fully saturated rings. The fourth-order valence-corrected chi connectivity index (χ4v) is 9.83. The zero-order valence-corrected chi connectivity index (χ0v) is 48.7. The molecule has 0 bridgehead atoms. The van der Waals surface area contributed by atoms with E-state index in [1.807, 2.05) is 0 Å². The van der Waals surface area contributed by atoms with Gasteiger partial charge in [0.15, 0.2) is 6.10 Å². The highest BCUT2D eigenvalue weighted by atomic mass is 16.6. The number of esters is 3. The summed E-state index contributed by atoms with van der Waals surface area (Å²) in [4.78, 5) is 37.9. The first kappa shape index (κ1) is 69.9. The number of hydrogen-bond donors (Lipinski definition) is 0. The normalized spacial score (nSPS) is 12.1. The molecule has 1 atom stereocenters. The second-order valence-corrected chi connectivity index (χ2v) is 22.0. The van der Waals surface area contributed by atoms with E-state index in [1.54, 1.807) is 0 Å². The summed E-state index contributed by atoms with van der Waals surface area (Å²) >= 11 is 0. The Labute approximate surface area is 449 Å². The first-order chi connectivity index (χ1) is 35.5. The van der Waals surface area contributed by atoms with Crippen LogP contribution in [-0.2, 0) is 28.6 Å². The number of allylic oxidation sites excluding steroid dienone is 4. The number of carbonyl (C=O) groups excluding carboxylic acids is 3. The van der Waals surface area contributed by atoms with Crippen molar-refractivity contribution in [3.05, 3.63) is 24.3 Å². The molecule has 0 radical (unpaired) electrons. The number of hydrogen-bond acceptors (Lipinski definition) is 6. The van der Waals surface area contributed by atoms with Crippen molar-refractivity contribution < 1.29 is 28.6 Å². The van der Waals surface area contributed by atoms with Gasteiger partial charge in [-0.05, 0) is 51.4 Å². The van der Waals surface area contributed by atoms with Crippen LogP contribution in [0.4, 0.5) is 0 Å². The SMILES string of the molecule is CCCCCCC/C=C\C/C=C\CCCCCCCCCCCC(=O)OC(COC(=O)CCCCCCC)COC(=O)CCCCCCCCCCCCCCCCCCCCCCCCCCCCCC. The third-order valence-corrected chi connectivity index (χ3v) is 14.7. The zero-order chi connectivity index (χ0) is 52.2. The van der Waals surface area contributed by atoms with Gasteiger partial charge in [0.25, 0.3) is 0 Å². The summed E-state index contributed by atoms with van der Waals surface area (Å²) < 4.78 is 16.8. The average molecular weight is 1010 g/mol. The smallest absolute Gasteiger partial charge is 0.306 e. The fourth-order valence-electron chi connectivity index (χ4n) is 9.83. The van der Waals surface area contributed by atoms with E-state index >= 15 is 0 Å². The Balaban J connectivity index is 3.96. The molecule has 0 N–H and O–H groups in total. The highest BCUT2D eigenvalue weighted by molar-refractivity contribution is 5.71. The molecule has 424 valence electrons. The highest BCUT2D eigenvalue weighted by Crippen LogP contribution is 2.18. The van der Waals surface area contributed by atoms with Crippen molar-refractivity contribution in [3.8, 4) is 0 Å². The molecule has 1 unspecified atom stereocenters. The molecule has 0 aliphatic carbocycles. The molecule has 0 aromatic heterocycles. The lowest BCUT2D eigenvalue weighted by Gasteiger charge is -2.18. The monoisotopic (exact) mass is 1010 g/mol. The number of unbranched alkanes of at least 4 members (excludes halogenated alkanes) is 45. The molecule has 0 aliphatic heterocycles. The molecule has 0 aliphatic rings. The van der Waals surface area contributed by atoms with Crippen LogP contribution in [0, 0.1) is 0 Å². The maximum Gasteiger partial charge on any atom is 0.306 e. The molecule has 0 heterocycles. The lowest BCUT2D eigenvalue weighted by molar-refractivity contribution is -0.167. The molecular formula is C66H124O6. The predicted octanol–water partition coefficient (Wildman–Crippen LogP) is 21.8. The summed E-state index contributed by atoms with van der Waals surface area (Å²) in [5.74, 6) is -0.865. The van der Waals surface area contributed by atoms with E-state index in [4.69, 9.17) is 14.2 Å². The lowest BCUT2D eigenvalue weighted by atomic mass is 10.0. The van der Waals surface area contributed by atoms with E-state index in [0.29, 0.717) is 19.3 Å². The van der Waals surface area contributed by atoms with Crippen LogP contribution in [0.25, 0.3) is 0 Å². The van der Waals surface area contributed by atoms with Crippen LogP contribution in [0.3, 0.4) is 0 Å². The third-order valence-electron chi connectivity index (χ3n) is 14.7. The van der Waals surface area contributed by atoms with E-state index in [1.165, 1.54) is 250 Å². The van der Waals surface area contributed by atoms with Crippen LogP contribution >= 0.6 is 0 Å². The van der Waals surface area contributed by atoms with Crippen LogP contribution in [0.2, 0.25) is 0 Å². The Morgan fingerprint density at radius 3 is 0.764 bits per heavy atom. The Hall–Kier alpha value is -2.11. The third kappa shape index (κ3) is 58.8. The average Bonchev–Trinajstić information content (AvgIpc) is 3.38. The van der Waals surface area contributed by atoms with Crippen LogP contribution in [0.15, 0.2) is 24.3 Å². The first-order valence-corrected chi connectivity index (χ1v) is 32.3. The van der Waals surface area contributed by atoms with Gasteiger partial charge >= 0.3 is 17.9 Å². The van der Waals surface area contributed by atoms with Gasteiger partial charge < -0.3 is 14.2 Å². The van der Waals surface area contributed by atoms with Crippen molar-refractivity contribution in [2.45, 2.75) is 367 Å². The lowest BCUT2D eigenvalue weighted by Crippen LogP contribution is -2.30. The first-order valence-electron chi connectivity index (χ1n) is 32.3. The van der Waals surface area contributed by atoms with Gasteiger partial charge in [-0.2, -0.15) is 0 Å². The molecule has 0 rings (SSSR count). The second-order valence-electron chi connectivity index (χ2n) is 22.0. The topological polar surface area (TPSA) is 78.9 Å². The van der Waals surface area contributed by atoms with Gasteiger partial charge in [0.05, 0.1) is 0 Å². The number of rotatable bonds is 60. The van der Waals surface area contributed by atoms with Gasteiger partial charge in [-0.15, -0.1) is 0 Å². The van der Waals surface area contributed by atoms with E-state index < -0.39 is 6.10 Å². The van der Waals surface area contributed by atoms with Crippen molar-refractivity contribution in [2.24, 2.45) is 0 Å². The van der Waals surface area contributed by atoms with Gasteiger partial charge in [-0.25, -0.2) is 0 Å². The van der Waals surface area contributed by atoms with Gasteiger partial charge in [-0.3, -0.25) is 14.4 Å². The second kappa shape index (κ2) is 61.4. The van der Waals surface area contributed by atoms with Gasteiger partial charge in [-0.1, -0.05) is 315 Å². The summed E-state index contributed by atoms with van der Waals surface area (Å²) in [6.07, 6.45) is 73.9. The maximum absolute atomic E-state index is 12.8. The summed E-state index contributed by atoms with van der Waals surface area (Å²) in [5.41, 5.74) is 0. The molecule has 72 heavy (non-hydrogen) atoms. The molecule has 0 spiro atoms. The molecular weight excluding hydrogens is 889 g/mol. The molecule has 0 aromatic rings. The molecule has 6 heteroatoms. The van der Waals surface area contributed by atoms with Gasteiger partial charge in [0.2, 0.25) is 0 Å². The van der Waals surface area contributed by atoms with Crippen LogP contribution in [0.1, 0.15) is 361 Å². The van der Waals surface area contributed by atoms with Gasteiger partial charge in [0.1, 0.15) is 13.2 Å². The summed E-state index contributed by atoms with van der Waals surface area (Å²) in [6.45, 7) is 6.60. The van der Waals surface area contributed by atoms with Gasteiger partial charge in [0, 0.05) is 19.3 Å². The van der Waals surface area contributed by atoms with E-state index in [9.17, 15) is 14.4 Å². The van der Waals surface area contributed by atoms with E-state index in [2.05, 4.69) is 45.1 Å². The number of carbonyl (C=O) groups is 3. The highest BCUT2D eigenvalue weighted by Gasteiger charge is 2.19. The Bertz CT molecular complexity index is 1160. The van der Waals surface area contributed by atoms with Crippen LogP contribution in [0.5, 0.6) is 0 Å². The Morgan fingerprint density at radius 2 is 0.500 bits per heavy atom. The minimum absolute atomic E-state index is 0.0686. The van der Waals surface area contributed by atoms with Crippen molar-refractivity contribution >= 4 is 17.9 Å². The minimum Gasteiger partial charge on any atom is -0.462 e. The van der Waals surface area contributed by atoms with E-state index in [-0.39, 0.29) is 31.1 Å².